The third-order valence-corrected chi connectivity index (χ3v) is 4.13. The highest BCUT2D eigenvalue weighted by molar-refractivity contribution is 5.81. The minimum Gasteiger partial charge on any atom is -0.393 e. The molecule has 1 aliphatic heterocycles. The largest absolute Gasteiger partial charge is 0.393 e. The van der Waals surface area contributed by atoms with Gasteiger partial charge in [-0.2, -0.15) is 0 Å². The van der Waals surface area contributed by atoms with E-state index in [1.54, 1.807) is 0 Å². The van der Waals surface area contributed by atoms with Gasteiger partial charge in [-0.15, -0.1) is 0 Å². The van der Waals surface area contributed by atoms with Crippen LogP contribution in [0.25, 0.3) is 0 Å². The van der Waals surface area contributed by atoms with Crippen molar-refractivity contribution in [3.05, 3.63) is 0 Å². The highest BCUT2D eigenvalue weighted by atomic mass is 16.3. The first-order valence-corrected chi connectivity index (χ1v) is 7.24. The average Bonchev–Trinajstić information content (AvgIpc) is 2.36. The molecule has 0 bridgehead atoms. The summed E-state index contributed by atoms with van der Waals surface area (Å²) in [5.41, 5.74) is 0. The Balaban J connectivity index is 1.73. The zero-order valence-corrected chi connectivity index (χ0v) is 11.8. The molecule has 0 unspecified atom stereocenters. The van der Waals surface area contributed by atoms with Gasteiger partial charge in [0, 0.05) is 31.0 Å². The molecule has 2 N–H and O–H groups in total. The molecule has 0 spiro atoms. The summed E-state index contributed by atoms with van der Waals surface area (Å²) in [6.45, 7) is 5.18. The van der Waals surface area contributed by atoms with Crippen molar-refractivity contribution in [3.8, 4) is 0 Å². The van der Waals surface area contributed by atoms with Crippen molar-refractivity contribution < 1.29 is 14.7 Å². The summed E-state index contributed by atoms with van der Waals surface area (Å²) in [6.07, 6.45) is 2.61. The summed E-state index contributed by atoms with van der Waals surface area (Å²) in [7, 11) is 0. The number of hydrogen-bond donors (Lipinski definition) is 2. The number of amides is 2. The minimum atomic E-state index is -0.240. The summed E-state index contributed by atoms with van der Waals surface area (Å²) in [5, 5.41) is 12.2. The maximum Gasteiger partial charge on any atom is 0.225 e. The van der Waals surface area contributed by atoms with E-state index in [9.17, 15) is 14.7 Å². The monoisotopic (exact) mass is 268 g/mol. The summed E-state index contributed by atoms with van der Waals surface area (Å²) in [6, 6.07) is 0.151. The first-order valence-electron chi connectivity index (χ1n) is 7.24. The number of piperidine rings is 1. The van der Waals surface area contributed by atoms with Crippen molar-refractivity contribution in [2.75, 3.05) is 13.1 Å². The van der Waals surface area contributed by atoms with Crippen LogP contribution in [0.1, 0.15) is 39.5 Å². The van der Waals surface area contributed by atoms with Gasteiger partial charge in [0.25, 0.3) is 0 Å². The second-order valence-corrected chi connectivity index (χ2v) is 6.08. The van der Waals surface area contributed by atoms with Crippen molar-refractivity contribution in [2.24, 2.45) is 11.8 Å². The normalized spacial score (nSPS) is 28.1. The molecule has 0 aromatic rings. The van der Waals surface area contributed by atoms with Crippen molar-refractivity contribution in [1.29, 1.82) is 0 Å². The fourth-order valence-electron chi connectivity index (χ4n) is 2.75. The molecule has 2 aliphatic rings. The molecule has 0 radical (unpaired) electrons. The zero-order valence-electron chi connectivity index (χ0n) is 11.8. The summed E-state index contributed by atoms with van der Waals surface area (Å²) < 4.78 is 0. The smallest absolute Gasteiger partial charge is 0.225 e. The van der Waals surface area contributed by atoms with Crippen LogP contribution in [0.2, 0.25) is 0 Å². The van der Waals surface area contributed by atoms with Crippen LogP contribution in [0.4, 0.5) is 0 Å². The molecule has 5 heteroatoms. The van der Waals surface area contributed by atoms with Gasteiger partial charge in [0.05, 0.1) is 6.10 Å². The second-order valence-electron chi connectivity index (χ2n) is 6.08. The number of rotatable bonds is 3. The second kappa shape index (κ2) is 5.90. The minimum absolute atomic E-state index is 0.0222. The van der Waals surface area contributed by atoms with Crippen LogP contribution >= 0.6 is 0 Å². The van der Waals surface area contributed by atoms with Gasteiger partial charge in [0.15, 0.2) is 0 Å². The number of likely N-dealkylation sites (tertiary alicyclic amines) is 1. The van der Waals surface area contributed by atoms with E-state index in [2.05, 4.69) is 5.32 Å². The van der Waals surface area contributed by atoms with Gasteiger partial charge in [0.2, 0.25) is 11.8 Å². The first kappa shape index (κ1) is 14.3. The third kappa shape index (κ3) is 3.47. The quantitative estimate of drug-likeness (QED) is 0.784. The SMILES string of the molecule is CC(C)C(=O)N1CCC(C(=O)NC2CC(O)C2)CC1. The van der Waals surface area contributed by atoms with E-state index in [0.717, 1.165) is 12.8 Å². The highest BCUT2D eigenvalue weighted by Gasteiger charge is 2.32. The maximum absolute atomic E-state index is 12.0. The Bertz CT molecular complexity index is 343. The molecule has 1 saturated carbocycles. The molecule has 2 rings (SSSR count). The number of carbonyl (C=O) groups excluding carboxylic acids is 2. The number of nitrogens with zero attached hydrogens (tertiary/aromatic N) is 1. The lowest BCUT2D eigenvalue weighted by Crippen LogP contribution is -2.50. The van der Waals surface area contributed by atoms with Crippen molar-refractivity contribution >= 4 is 11.8 Å². The number of carbonyl (C=O) groups is 2. The summed E-state index contributed by atoms with van der Waals surface area (Å²) in [4.78, 5) is 25.7. The van der Waals surface area contributed by atoms with Gasteiger partial charge in [-0.1, -0.05) is 13.8 Å². The maximum atomic E-state index is 12.0. The molecule has 2 fully saturated rings. The molecule has 0 aromatic carbocycles. The molecule has 19 heavy (non-hydrogen) atoms. The number of aliphatic hydroxyl groups is 1. The van der Waals surface area contributed by atoms with Crippen LogP contribution in [0.3, 0.4) is 0 Å². The Kier molecular flexibility index (Phi) is 4.45. The molecule has 0 aromatic heterocycles. The molecule has 1 aliphatic carbocycles. The molecule has 2 amide bonds. The van der Waals surface area contributed by atoms with Crippen molar-refractivity contribution in [3.63, 3.8) is 0 Å². The van der Waals surface area contributed by atoms with E-state index < -0.39 is 0 Å². The summed E-state index contributed by atoms with van der Waals surface area (Å²) in [5.74, 6) is 0.324. The van der Waals surface area contributed by atoms with Crippen LogP contribution in [0.5, 0.6) is 0 Å². The van der Waals surface area contributed by atoms with E-state index >= 15 is 0 Å². The van der Waals surface area contributed by atoms with Gasteiger partial charge in [-0.3, -0.25) is 9.59 Å². The lowest BCUT2D eigenvalue weighted by Gasteiger charge is -2.36. The van der Waals surface area contributed by atoms with E-state index in [-0.39, 0.29) is 35.8 Å². The lowest BCUT2D eigenvalue weighted by atomic mass is 9.88. The van der Waals surface area contributed by atoms with E-state index in [0.29, 0.717) is 25.9 Å². The Hall–Kier alpha value is -1.10. The molecule has 108 valence electrons. The number of hydrogen-bond acceptors (Lipinski definition) is 3. The van der Waals surface area contributed by atoms with Crippen molar-refractivity contribution in [2.45, 2.75) is 51.7 Å². The average molecular weight is 268 g/mol. The number of aliphatic hydroxyl groups excluding tert-OH is 1. The zero-order chi connectivity index (χ0) is 14.0. The first-order chi connectivity index (χ1) is 8.97. The molecule has 1 heterocycles. The van der Waals surface area contributed by atoms with Crippen LogP contribution in [0.15, 0.2) is 0 Å². The summed E-state index contributed by atoms with van der Waals surface area (Å²) >= 11 is 0. The van der Waals surface area contributed by atoms with E-state index in [4.69, 9.17) is 0 Å². The van der Waals surface area contributed by atoms with E-state index in [1.807, 2.05) is 18.7 Å². The van der Waals surface area contributed by atoms with E-state index in [1.165, 1.54) is 0 Å². The molecule has 1 saturated heterocycles. The topological polar surface area (TPSA) is 69.6 Å². The highest BCUT2D eigenvalue weighted by Crippen LogP contribution is 2.23. The predicted molar refractivity (Wildman–Crippen MR) is 71.3 cm³/mol. The lowest BCUT2D eigenvalue weighted by molar-refractivity contribution is -0.138. The molecular formula is C14H24N2O3. The Labute approximate surface area is 114 Å². The van der Waals surface area contributed by atoms with Gasteiger partial charge >= 0.3 is 0 Å². The fraction of sp³-hybridized carbons (Fsp3) is 0.857. The van der Waals surface area contributed by atoms with Crippen LogP contribution in [0, 0.1) is 11.8 Å². The van der Waals surface area contributed by atoms with Gasteiger partial charge < -0.3 is 15.3 Å². The predicted octanol–water partition coefficient (Wildman–Crippen LogP) is 0.520. The standard InChI is InChI=1S/C14H24N2O3/c1-9(2)14(19)16-5-3-10(4-6-16)13(18)15-11-7-12(17)8-11/h9-12,17H,3-8H2,1-2H3,(H,15,18). The van der Waals surface area contributed by atoms with Crippen molar-refractivity contribution in [1.82, 2.24) is 10.2 Å². The van der Waals surface area contributed by atoms with Crippen LogP contribution < -0.4 is 5.32 Å². The van der Waals surface area contributed by atoms with Gasteiger partial charge in [-0.25, -0.2) is 0 Å². The van der Waals surface area contributed by atoms with Crippen LogP contribution in [-0.4, -0.2) is 47.1 Å². The number of nitrogens with one attached hydrogen (secondary N) is 1. The molecule has 0 atom stereocenters. The fourth-order valence-corrected chi connectivity index (χ4v) is 2.75. The molecule has 5 nitrogen and oxygen atoms in total. The van der Waals surface area contributed by atoms with Gasteiger partial charge in [0.1, 0.15) is 0 Å². The van der Waals surface area contributed by atoms with Crippen LogP contribution in [-0.2, 0) is 9.59 Å². The Morgan fingerprint density at radius 2 is 1.79 bits per heavy atom. The third-order valence-electron chi connectivity index (χ3n) is 4.13. The molecular weight excluding hydrogens is 244 g/mol. The Morgan fingerprint density at radius 3 is 2.26 bits per heavy atom. The van der Waals surface area contributed by atoms with Gasteiger partial charge in [-0.05, 0) is 25.7 Å². The Morgan fingerprint density at radius 1 is 1.21 bits per heavy atom.